The maximum absolute atomic E-state index is 11.7. The zero-order chi connectivity index (χ0) is 13.6. The Bertz CT molecular complexity index is 785. The third kappa shape index (κ3) is 1.88. The molecule has 0 aliphatic carbocycles. The fourth-order valence-electron chi connectivity index (χ4n) is 2.08. The molecule has 6 nitrogen and oxygen atoms in total. The zero-order valence-electron chi connectivity index (χ0n) is 9.70. The molecule has 0 bridgehead atoms. The van der Waals surface area contributed by atoms with E-state index in [0.29, 0.717) is 0 Å². The summed E-state index contributed by atoms with van der Waals surface area (Å²) in [6.07, 6.45) is 0. The Morgan fingerprint density at radius 1 is 1.16 bits per heavy atom. The summed E-state index contributed by atoms with van der Waals surface area (Å²) in [5.41, 5.74) is 0.0945. The molecule has 1 saturated heterocycles. The van der Waals surface area contributed by atoms with Crippen LogP contribution in [0.1, 0.15) is 0 Å². The van der Waals surface area contributed by atoms with Crippen LogP contribution in [0.5, 0.6) is 5.75 Å². The van der Waals surface area contributed by atoms with Gasteiger partial charge in [-0.05, 0) is 22.9 Å². The SMILES string of the molecule is O=C1CN(c2cc3ccccc3cc2O)S(=O)(=O)N1. The lowest BCUT2D eigenvalue weighted by atomic mass is 10.1. The molecule has 0 spiro atoms. The van der Waals surface area contributed by atoms with Crippen LogP contribution in [-0.4, -0.2) is 26.0 Å². The molecule has 0 unspecified atom stereocenters. The predicted molar refractivity (Wildman–Crippen MR) is 70.0 cm³/mol. The Kier molecular flexibility index (Phi) is 2.39. The van der Waals surface area contributed by atoms with E-state index in [1.165, 1.54) is 6.07 Å². The van der Waals surface area contributed by atoms with Crippen molar-refractivity contribution in [3.8, 4) is 5.75 Å². The number of hydrogen-bond donors (Lipinski definition) is 2. The van der Waals surface area contributed by atoms with Crippen molar-refractivity contribution in [3.05, 3.63) is 36.4 Å². The van der Waals surface area contributed by atoms with Crippen LogP contribution in [0.4, 0.5) is 5.69 Å². The second kappa shape index (κ2) is 3.86. The number of benzene rings is 2. The van der Waals surface area contributed by atoms with Crippen molar-refractivity contribution >= 4 is 32.6 Å². The van der Waals surface area contributed by atoms with Crippen LogP contribution < -0.4 is 9.03 Å². The Morgan fingerprint density at radius 2 is 1.79 bits per heavy atom. The van der Waals surface area contributed by atoms with E-state index >= 15 is 0 Å². The van der Waals surface area contributed by atoms with Crippen LogP contribution in [0.15, 0.2) is 36.4 Å². The molecule has 2 aromatic carbocycles. The van der Waals surface area contributed by atoms with Gasteiger partial charge in [-0.2, -0.15) is 8.42 Å². The Morgan fingerprint density at radius 3 is 2.37 bits per heavy atom. The first-order valence-electron chi connectivity index (χ1n) is 5.52. The van der Waals surface area contributed by atoms with Crippen molar-refractivity contribution in [2.75, 3.05) is 10.8 Å². The van der Waals surface area contributed by atoms with Crippen molar-refractivity contribution in [2.24, 2.45) is 0 Å². The van der Waals surface area contributed by atoms with E-state index in [4.69, 9.17) is 0 Å². The number of nitrogens with zero attached hydrogens (tertiary/aromatic N) is 1. The monoisotopic (exact) mass is 278 g/mol. The summed E-state index contributed by atoms with van der Waals surface area (Å²) in [5.74, 6) is -0.800. The minimum Gasteiger partial charge on any atom is -0.506 e. The number of carbonyl (C=O) groups excluding carboxylic acids is 1. The Labute approximate surface area is 109 Å². The van der Waals surface area contributed by atoms with Gasteiger partial charge in [0.05, 0.1) is 5.69 Å². The number of rotatable bonds is 1. The third-order valence-corrected chi connectivity index (χ3v) is 4.32. The maximum atomic E-state index is 11.7. The van der Waals surface area contributed by atoms with Crippen molar-refractivity contribution in [1.29, 1.82) is 0 Å². The van der Waals surface area contributed by atoms with E-state index in [9.17, 15) is 18.3 Å². The number of phenolic OH excluding ortho intramolecular Hbond substituents is 1. The summed E-state index contributed by atoms with van der Waals surface area (Å²) in [6.45, 7) is -0.325. The van der Waals surface area contributed by atoms with Gasteiger partial charge in [0.2, 0.25) is 0 Å². The van der Waals surface area contributed by atoms with Crippen molar-refractivity contribution in [1.82, 2.24) is 4.72 Å². The molecule has 1 amide bonds. The van der Waals surface area contributed by atoms with Gasteiger partial charge in [0.25, 0.3) is 5.91 Å². The molecule has 7 heteroatoms. The standard InChI is InChI=1S/C12H10N2O4S/c15-11-6-9-4-2-1-3-8(9)5-10(11)14-7-12(16)13-19(14,17)18/h1-6,15H,7H2,(H,13,16). The van der Waals surface area contributed by atoms with E-state index in [-0.39, 0.29) is 18.0 Å². The van der Waals surface area contributed by atoms with Gasteiger partial charge in [-0.15, -0.1) is 0 Å². The van der Waals surface area contributed by atoms with Gasteiger partial charge < -0.3 is 5.11 Å². The summed E-state index contributed by atoms with van der Waals surface area (Å²) < 4.78 is 26.2. The molecule has 0 radical (unpaired) electrons. The topological polar surface area (TPSA) is 86.7 Å². The van der Waals surface area contributed by atoms with Gasteiger partial charge in [0, 0.05) is 0 Å². The molecule has 0 atom stereocenters. The van der Waals surface area contributed by atoms with E-state index in [1.807, 2.05) is 16.9 Å². The van der Waals surface area contributed by atoms with Crippen molar-refractivity contribution in [3.63, 3.8) is 0 Å². The summed E-state index contributed by atoms with van der Waals surface area (Å²) in [5, 5.41) is 11.5. The van der Waals surface area contributed by atoms with E-state index in [2.05, 4.69) is 0 Å². The van der Waals surface area contributed by atoms with E-state index in [1.54, 1.807) is 18.2 Å². The fourth-order valence-corrected chi connectivity index (χ4v) is 3.23. The molecule has 0 aromatic heterocycles. The van der Waals surface area contributed by atoms with Gasteiger partial charge in [-0.3, -0.25) is 4.79 Å². The zero-order valence-corrected chi connectivity index (χ0v) is 10.5. The number of anilines is 1. The molecule has 2 N–H and O–H groups in total. The van der Waals surface area contributed by atoms with Gasteiger partial charge in [0.1, 0.15) is 12.3 Å². The van der Waals surface area contributed by atoms with E-state index < -0.39 is 16.1 Å². The molecule has 1 heterocycles. The fraction of sp³-hybridized carbons (Fsp3) is 0.0833. The number of phenols is 1. The number of carbonyl (C=O) groups is 1. The highest BCUT2D eigenvalue weighted by atomic mass is 32.2. The lowest BCUT2D eigenvalue weighted by molar-refractivity contribution is -0.117. The lowest BCUT2D eigenvalue weighted by Gasteiger charge is -2.16. The van der Waals surface area contributed by atoms with Crippen LogP contribution >= 0.6 is 0 Å². The van der Waals surface area contributed by atoms with Gasteiger partial charge >= 0.3 is 10.2 Å². The van der Waals surface area contributed by atoms with Crippen LogP contribution in [0.2, 0.25) is 0 Å². The second-order valence-corrected chi connectivity index (χ2v) is 5.82. The lowest BCUT2D eigenvalue weighted by Crippen LogP contribution is -2.29. The maximum Gasteiger partial charge on any atom is 0.326 e. The van der Waals surface area contributed by atoms with Gasteiger partial charge in [-0.25, -0.2) is 9.03 Å². The average molecular weight is 278 g/mol. The Hall–Kier alpha value is -2.28. The molecule has 19 heavy (non-hydrogen) atoms. The molecule has 1 aliphatic heterocycles. The second-order valence-electron chi connectivity index (χ2n) is 4.22. The molecular formula is C12H10N2O4S. The Balaban J connectivity index is 2.20. The quantitative estimate of drug-likeness (QED) is 0.805. The van der Waals surface area contributed by atoms with Crippen LogP contribution in [0.25, 0.3) is 10.8 Å². The normalized spacial score (nSPS) is 17.7. The van der Waals surface area contributed by atoms with Crippen molar-refractivity contribution in [2.45, 2.75) is 0 Å². The molecule has 0 saturated carbocycles. The van der Waals surface area contributed by atoms with Crippen LogP contribution in [0.3, 0.4) is 0 Å². The first kappa shape index (κ1) is 11.8. The summed E-state index contributed by atoms with van der Waals surface area (Å²) >= 11 is 0. The number of aromatic hydroxyl groups is 1. The first-order valence-corrected chi connectivity index (χ1v) is 6.96. The largest absolute Gasteiger partial charge is 0.506 e. The minimum atomic E-state index is -3.91. The summed E-state index contributed by atoms with van der Waals surface area (Å²) in [7, 11) is -3.91. The molecule has 1 aliphatic rings. The highest BCUT2D eigenvalue weighted by molar-refractivity contribution is 7.92. The van der Waals surface area contributed by atoms with Crippen molar-refractivity contribution < 1.29 is 18.3 Å². The molecule has 1 fully saturated rings. The summed E-state index contributed by atoms with van der Waals surface area (Å²) in [4.78, 5) is 11.2. The predicted octanol–water partition coefficient (Wildman–Crippen LogP) is 0.726. The van der Waals surface area contributed by atoms with Crippen LogP contribution in [-0.2, 0) is 15.0 Å². The smallest absolute Gasteiger partial charge is 0.326 e. The van der Waals surface area contributed by atoms with Crippen LogP contribution in [0, 0.1) is 0 Å². The van der Waals surface area contributed by atoms with E-state index in [0.717, 1.165) is 15.1 Å². The van der Waals surface area contributed by atoms with Gasteiger partial charge in [0.15, 0.2) is 0 Å². The molecule has 3 rings (SSSR count). The molecular weight excluding hydrogens is 268 g/mol. The number of nitrogens with one attached hydrogen (secondary N) is 1. The molecule has 2 aromatic rings. The highest BCUT2D eigenvalue weighted by Gasteiger charge is 2.35. The highest BCUT2D eigenvalue weighted by Crippen LogP contribution is 2.34. The first-order chi connectivity index (χ1) is 8.97. The third-order valence-electron chi connectivity index (χ3n) is 2.93. The molecule has 98 valence electrons. The van der Waals surface area contributed by atoms with Gasteiger partial charge in [-0.1, -0.05) is 24.3 Å². The number of amides is 1. The summed E-state index contributed by atoms with van der Waals surface area (Å²) in [6, 6.07) is 10.3. The number of hydrogen-bond acceptors (Lipinski definition) is 4. The minimum absolute atomic E-state index is 0.0945. The number of fused-ring (bicyclic) bond motifs is 1. The average Bonchev–Trinajstić information content (AvgIpc) is 2.61.